The molecule has 0 amide bonds. The van der Waals surface area contributed by atoms with Crippen LogP contribution < -0.4 is 5.32 Å². The van der Waals surface area contributed by atoms with Crippen LogP contribution in [0.15, 0.2) is 5.38 Å². The average Bonchev–Trinajstić information content (AvgIpc) is 2.48. The SMILES string of the molecule is C#Cc1csc(NCC(C)C)n1. The van der Waals surface area contributed by atoms with Crippen LogP contribution >= 0.6 is 11.3 Å². The normalized spacial score (nSPS) is 9.83. The molecule has 1 aromatic rings. The van der Waals surface area contributed by atoms with Crippen LogP contribution in [0.25, 0.3) is 0 Å². The van der Waals surface area contributed by atoms with Crippen molar-refractivity contribution in [2.75, 3.05) is 11.9 Å². The van der Waals surface area contributed by atoms with Crippen molar-refractivity contribution < 1.29 is 0 Å². The molecule has 1 aromatic heterocycles. The molecule has 1 rings (SSSR count). The van der Waals surface area contributed by atoms with E-state index in [9.17, 15) is 0 Å². The molecular weight excluding hydrogens is 168 g/mol. The number of hydrogen-bond donors (Lipinski definition) is 1. The number of nitrogens with zero attached hydrogens (tertiary/aromatic N) is 1. The second-order valence-corrected chi connectivity index (χ2v) is 3.82. The first-order chi connectivity index (χ1) is 5.72. The lowest BCUT2D eigenvalue weighted by atomic mass is 10.2. The van der Waals surface area contributed by atoms with Gasteiger partial charge in [-0.25, -0.2) is 4.98 Å². The molecule has 0 aliphatic heterocycles. The van der Waals surface area contributed by atoms with E-state index in [4.69, 9.17) is 6.42 Å². The highest BCUT2D eigenvalue weighted by Gasteiger charge is 1.99. The Hall–Kier alpha value is -1.01. The summed E-state index contributed by atoms with van der Waals surface area (Å²) in [7, 11) is 0. The zero-order valence-electron chi connectivity index (χ0n) is 7.29. The van der Waals surface area contributed by atoms with Gasteiger partial charge in [-0.2, -0.15) is 0 Å². The topological polar surface area (TPSA) is 24.9 Å². The molecule has 0 fully saturated rings. The molecule has 0 aliphatic rings. The number of nitrogens with one attached hydrogen (secondary N) is 1. The van der Waals surface area contributed by atoms with E-state index >= 15 is 0 Å². The average molecular weight is 180 g/mol. The summed E-state index contributed by atoms with van der Waals surface area (Å²) in [5.41, 5.74) is 0.714. The fraction of sp³-hybridized carbons (Fsp3) is 0.444. The third-order valence-electron chi connectivity index (χ3n) is 1.31. The molecule has 2 nitrogen and oxygen atoms in total. The zero-order valence-corrected chi connectivity index (χ0v) is 8.11. The molecule has 0 aliphatic carbocycles. The van der Waals surface area contributed by atoms with Crippen molar-refractivity contribution in [1.82, 2.24) is 4.98 Å². The Morgan fingerprint density at radius 1 is 1.75 bits per heavy atom. The predicted octanol–water partition coefficient (Wildman–Crippen LogP) is 2.19. The van der Waals surface area contributed by atoms with E-state index in [0.29, 0.717) is 11.6 Å². The summed E-state index contributed by atoms with van der Waals surface area (Å²) in [6, 6.07) is 0. The van der Waals surface area contributed by atoms with Gasteiger partial charge in [0.25, 0.3) is 0 Å². The number of anilines is 1. The van der Waals surface area contributed by atoms with Crippen molar-refractivity contribution in [1.29, 1.82) is 0 Å². The van der Waals surface area contributed by atoms with Gasteiger partial charge in [0.15, 0.2) is 5.13 Å². The van der Waals surface area contributed by atoms with E-state index in [2.05, 4.69) is 30.1 Å². The van der Waals surface area contributed by atoms with E-state index in [1.54, 1.807) is 11.3 Å². The first kappa shape index (κ1) is 9.08. The lowest BCUT2D eigenvalue weighted by Gasteiger charge is -2.03. The third kappa shape index (κ3) is 2.55. The maximum atomic E-state index is 5.19. The Morgan fingerprint density at radius 3 is 3.00 bits per heavy atom. The highest BCUT2D eigenvalue weighted by Crippen LogP contribution is 2.14. The Balaban J connectivity index is 2.48. The zero-order chi connectivity index (χ0) is 8.97. The van der Waals surface area contributed by atoms with Crippen molar-refractivity contribution in [3.8, 4) is 12.3 Å². The molecule has 0 bridgehead atoms. The van der Waals surface area contributed by atoms with E-state index in [1.165, 1.54) is 0 Å². The van der Waals surface area contributed by atoms with Crippen molar-refractivity contribution in [3.63, 3.8) is 0 Å². The minimum atomic E-state index is 0.628. The largest absolute Gasteiger partial charge is 0.361 e. The monoisotopic (exact) mass is 180 g/mol. The molecule has 0 saturated heterocycles. The van der Waals surface area contributed by atoms with E-state index in [-0.39, 0.29) is 0 Å². The number of hydrogen-bond acceptors (Lipinski definition) is 3. The van der Waals surface area contributed by atoms with Crippen LogP contribution in [-0.2, 0) is 0 Å². The minimum Gasteiger partial charge on any atom is -0.361 e. The molecule has 1 N–H and O–H groups in total. The Labute approximate surface area is 77.0 Å². The lowest BCUT2D eigenvalue weighted by Crippen LogP contribution is -2.07. The van der Waals surface area contributed by atoms with Crippen LogP contribution in [0.5, 0.6) is 0 Å². The van der Waals surface area contributed by atoms with Crippen molar-refractivity contribution >= 4 is 16.5 Å². The summed E-state index contributed by atoms with van der Waals surface area (Å²) in [6.45, 7) is 5.25. The maximum Gasteiger partial charge on any atom is 0.183 e. The van der Waals surface area contributed by atoms with Gasteiger partial charge in [0.1, 0.15) is 5.69 Å². The van der Waals surface area contributed by atoms with Crippen LogP contribution in [0.1, 0.15) is 19.5 Å². The summed E-state index contributed by atoms with van der Waals surface area (Å²) in [5.74, 6) is 3.12. The summed E-state index contributed by atoms with van der Waals surface area (Å²) < 4.78 is 0. The van der Waals surface area contributed by atoms with Gasteiger partial charge >= 0.3 is 0 Å². The second-order valence-electron chi connectivity index (χ2n) is 2.96. The summed E-state index contributed by atoms with van der Waals surface area (Å²) in [6.07, 6.45) is 5.19. The van der Waals surface area contributed by atoms with Gasteiger partial charge in [-0.15, -0.1) is 17.8 Å². The minimum absolute atomic E-state index is 0.628. The number of terminal acetylenes is 1. The van der Waals surface area contributed by atoms with E-state index in [0.717, 1.165) is 11.7 Å². The first-order valence-corrected chi connectivity index (χ1v) is 4.76. The second kappa shape index (κ2) is 4.13. The number of thiazole rings is 1. The van der Waals surface area contributed by atoms with Crippen LogP contribution in [0.3, 0.4) is 0 Å². The molecule has 64 valence electrons. The van der Waals surface area contributed by atoms with Gasteiger partial charge in [-0.1, -0.05) is 13.8 Å². The maximum absolute atomic E-state index is 5.19. The van der Waals surface area contributed by atoms with Crippen molar-refractivity contribution in [2.24, 2.45) is 5.92 Å². The Bertz CT molecular complexity index is 283. The molecule has 0 atom stereocenters. The molecule has 0 radical (unpaired) electrons. The Kier molecular flexibility index (Phi) is 3.12. The van der Waals surface area contributed by atoms with Gasteiger partial charge in [0, 0.05) is 11.9 Å². The molecule has 3 heteroatoms. The first-order valence-electron chi connectivity index (χ1n) is 3.88. The molecule has 12 heavy (non-hydrogen) atoms. The van der Waals surface area contributed by atoms with Crippen LogP contribution in [0, 0.1) is 18.3 Å². The lowest BCUT2D eigenvalue weighted by molar-refractivity contribution is 0.688. The third-order valence-corrected chi connectivity index (χ3v) is 2.11. The summed E-state index contributed by atoms with van der Waals surface area (Å²) in [4.78, 5) is 4.17. The van der Waals surface area contributed by atoms with Gasteiger partial charge < -0.3 is 5.32 Å². The highest BCUT2D eigenvalue weighted by molar-refractivity contribution is 7.13. The molecule has 0 saturated carbocycles. The molecular formula is C9H12N2S. The van der Waals surface area contributed by atoms with E-state index < -0.39 is 0 Å². The van der Waals surface area contributed by atoms with E-state index in [1.807, 2.05) is 5.38 Å². The smallest absolute Gasteiger partial charge is 0.183 e. The Morgan fingerprint density at radius 2 is 2.50 bits per heavy atom. The standard InChI is InChI=1S/C9H12N2S/c1-4-8-6-12-9(11-8)10-5-7(2)3/h1,6-7H,5H2,2-3H3,(H,10,11). The fourth-order valence-electron chi connectivity index (χ4n) is 0.713. The van der Waals surface area contributed by atoms with Gasteiger partial charge in [0.2, 0.25) is 0 Å². The van der Waals surface area contributed by atoms with Crippen molar-refractivity contribution in [2.45, 2.75) is 13.8 Å². The number of aromatic nitrogens is 1. The van der Waals surface area contributed by atoms with Gasteiger partial charge in [-0.05, 0) is 11.8 Å². The molecule has 0 aromatic carbocycles. The fourth-order valence-corrected chi connectivity index (χ4v) is 1.37. The molecule has 0 unspecified atom stereocenters. The quantitative estimate of drug-likeness (QED) is 0.721. The summed E-state index contributed by atoms with van der Waals surface area (Å²) >= 11 is 1.55. The van der Waals surface area contributed by atoms with Crippen LogP contribution in [-0.4, -0.2) is 11.5 Å². The van der Waals surface area contributed by atoms with Crippen molar-refractivity contribution in [3.05, 3.63) is 11.1 Å². The highest BCUT2D eigenvalue weighted by atomic mass is 32.1. The van der Waals surface area contributed by atoms with Gasteiger partial charge in [0.05, 0.1) is 0 Å². The number of rotatable bonds is 3. The van der Waals surface area contributed by atoms with Gasteiger partial charge in [-0.3, -0.25) is 0 Å². The molecule has 1 heterocycles. The predicted molar refractivity (Wildman–Crippen MR) is 53.4 cm³/mol. The van der Waals surface area contributed by atoms with Crippen LogP contribution in [0.4, 0.5) is 5.13 Å². The summed E-state index contributed by atoms with van der Waals surface area (Å²) in [5, 5.41) is 6.00. The van der Waals surface area contributed by atoms with Crippen LogP contribution in [0.2, 0.25) is 0 Å². The molecule has 0 spiro atoms.